The van der Waals surface area contributed by atoms with Gasteiger partial charge in [-0.2, -0.15) is 0 Å². The van der Waals surface area contributed by atoms with E-state index in [0.717, 1.165) is 17.7 Å². The molecule has 16 heavy (non-hydrogen) atoms. The van der Waals surface area contributed by atoms with Gasteiger partial charge in [-0.15, -0.1) is 12.4 Å². The Morgan fingerprint density at radius 3 is 3.12 bits per heavy atom. The lowest BCUT2D eigenvalue weighted by Crippen LogP contribution is -2.33. The topological polar surface area (TPSA) is 37.0 Å². The van der Waals surface area contributed by atoms with Gasteiger partial charge in [0.25, 0.3) is 0 Å². The fourth-order valence-corrected chi connectivity index (χ4v) is 2.29. The molecule has 2 N–H and O–H groups in total. The first-order valence-corrected chi connectivity index (χ1v) is 6.18. The molecule has 1 aromatic heterocycles. The molecule has 1 aromatic rings. The van der Waals surface area contributed by atoms with Crippen LogP contribution in [0.25, 0.3) is 0 Å². The van der Waals surface area contributed by atoms with Crippen molar-refractivity contribution in [2.45, 2.75) is 25.4 Å². The summed E-state index contributed by atoms with van der Waals surface area (Å²) in [5.74, 6) is 0. The third-order valence-electron chi connectivity index (χ3n) is 2.67. The second kappa shape index (κ2) is 7.22. The van der Waals surface area contributed by atoms with E-state index in [-0.39, 0.29) is 12.4 Å². The molecule has 3 nitrogen and oxygen atoms in total. The Labute approximate surface area is 111 Å². The summed E-state index contributed by atoms with van der Waals surface area (Å²) in [4.78, 5) is 4.10. The van der Waals surface area contributed by atoms with Gasteiger partial charge in [-0.25, -0.2) is 4.98 Å². The van der Waals surface area contributed by atoms with Crippen molar-refractivity contribution in [3.05, 3.63) is 28.5 Å². The van der Waals surface area contributed by atoms with E-state index in [1.807, 2.05) is 12.3 Å². The Kier molecular flexibility index (Phi) is 6.28. The number of nitrogens with one attached hydrogen (secondary N) is 2. The molecule has 0 bridgehead atoms. The predicted molar refractivity (Wildman–Crippen MR) is 71.9 cm³/mol. The molecule has 1 saturated heterocycles. The Bertz CT molecular complexity index is 316. The summed E-state index contributed by atoms with van der Waals surface area (Å²) in [6.45, 7) is 3.15. The van der Waals surface area contributed by atoms with Crippen LogP contribution in [0.5, 0.6) is 0 Å². The first-order chi connectivity index (χ1) is 7.34. The SMILES string of the molecule is Brc1cc(CNCC2CCCN2)ccn1.Cl. The molecule has 0 radical (unpaired) electrons. The number of rotatable bonds is 4. The molecule has 0 spiro atoms. The Morgan fingerprint density at radius 2 is 2.44 bits per heavy atom. The van der Waals surface area contributed by atoms with E-state index in [1.165, 1.54) is 24.9 Å². The van der Waals surface area contributed by atoms with Crippen LogP contribution in [0.4, 0.5) is 0 Å². The van der Waals surface area contributed by atoms with Crippen molar-refractivity contribution in [1.82, 2.24) is 15.6 Å². The van der Waals surface area contributed by atoms with Crippen molar-refractivity contribution in [1.29, 1.82) is 0 Å². The summed E-state index contributed by atoms with van der Waals surface area (Å²) in [6, 6.07) is 4.75. The van der Waals surface area contributed by atoms with Crippen LogP contribution in [-0.2, 0) is 6.54 Å². The molecule has 0 amide bonds. The summed E-state index contributed by atoms with van der Waals surface area (Å²) >= 11 is 3.37. The van der Waals surface area contributed by atoms with E-state index in [4.69, 9.17) is 0 Å². The number of aromatic nitrogens is 1. The molecule has 2 heterocycles. The van der Waals surface area contributed by atoms with Gasteiger partial charge in [-0.3, -0.25) is 0 Å². The fraction of sp³-hybridized carbons (Fsp3) is 0.545. The lowest BCUT2D eigenvalue weighted by atomic mass is 10.2. The van der Waals surface area contributed by atoms with Gasteiger partial charge < -0.3 is 10.6 Å². The molecular formula is C11H17BrClN3. The zero-order valence-corrected chi connectivity index (χ0v) is 11.5. The third kappa shape index (κ3) is 4.37. The quantitative estimate of drug-likeness (QED) is 0.837. The highest BCUT2D eigenvalue weighted by Gasteiger charge is 2.12. The molecule has 1 aliphatic rings. The maximum Gasteiger partial charge on any atom is 0.106 e. The highest BCUT2D eigenvalue weighted by Crippen LogP contribution is 2.08. The normalized spacial score (nSPS) is 19.4. The summed E-state index contributed by atoms with van der Waals surface area (Å²) in [5, 5.41) is 6.93. The average Bonchev–Trinajstić information content (AvgIpc) is 2.71. The summed E-state index contributed by atoms with van der Waals surface area (Å²) in [5.41, 5.74) is 1.27. The minimum atomic E-state index is 0. The van der Waals surface area contributed by atoms with Gasteiger partial charge in [0, 0.05) is 25.3 Å². The molecule has 0 saturated carbocycles. The van der Waals surface area contributed by atoms with Crippen molar-refractivity contribution in [2.75, 3.05) is 13.1 Å². The number of hydrogen-bond donors (Lipinski definition) is 2. The maximum atomic E-state index is 4.10. The van der Waals surface area contributed by atoms with Crippen molar-refractivity contribution < 1.29 is 0 Å². The predicted octanol–water partition coefficient (Wildman–Crippen LogP) is 2.11. The van der Waals surface area contributed by atoms with Crippen molar-refractivity contribution in [3.63, 3.8) is 0 Å². The van der Waals surface area contributed by atoms with Gasteiger partial charge in [0.1, 0.15) is 4.60 Å². The van der Waals surface area contributed by atoms with Crippen LogP contribution in [0.3, 0.4) is 0 Å². The summed E-state index contributed by atoms with van der Waals surface area (Å²) < 4.78 is 0.904. The van der Waals surface area contributed by atoms with Crippen molar-refractivity contribution >= 4 is 28.3 Å². The highest BCUT2D eigenvalue weighted by atomic mass is 79.9. The molecule has 1 aliphatic heterocycles. The Balaban J connectivity index is 0.00000128. The van der Waals surface area contributed by atoms with E-state index in [9.17, 15) is 0 Å². The van der Waals surface area contributed by atoms with Gasteiger partial charge in [0.2, 0.25) is 0 Å². The van der Waals surface area contributed by atoms with Crippen LogP contribution >= 0.6 is 28.3 Å². The molecule has 90 valence electrons. The Morgan fingerprint density at radius 1 is 1.56 bits per heavy atom. The molecule has 1 fully saturated rings. The summed E-state index contributed by atoms with van der Waals surface area (Å²) in [7, 11) is 0. The second-order valence-electron chi connectivity index (χ2n) is 3.91. The van der Waals surface area contributed by atoms with Crippen molar-refractivity contribution in [3.8, 4) is 0 Å². The van der Waals surface area contributed by atoms with Crippen LogP contribution in [0.1, 0.15) is 18.4 Å². The van der Waals surface area contributed by atoms with Crippen LogP contribution in [0.2, 0.25) is 0 Å². The van der Waals surface area contributed by atoms with E-state index in [1.54, 1.807) is 0 Å². The molecular weight excluding hydrogens is 289 g/mol. The lowest BCUT2D eigenvalue weighted by molar-refractivity contribution is 0.535. The minimum absolute atomic E-state index is 0. The molecule has 1 atom stereocenters. The first kappa shape index (κ1) is 13.9. The van der Waals surface area contributed by atoms with E-state index >= 15 is 0 Å². The van der Waals surface area contributed by atoms with Gasteiger partial charge in [-0.05, 0) is 53.0 Å². The highest BCUT2D eigenvalue weighted by molar-refractivity contribution is 9.10. The molecule has 0 aromatic carbocycles. The number of halogens is 2. The first-order valence-electron chi connectivity index (χ1n) is 5.39. The van der Waals surface area contributed by atoms with Crippen LogP contribution in [0.15, 0.2) is 22.9 Å². The Hall–Kier alpha value is -0.160. The van der Waals surface area contributed by atoms with Gasteiger partial charge in [-0.1, -0.05) is 0 Å². The average molecular weight is 307 g/mol. The second-order valence-corrected chi connectivity index (χ2v) is 4.72. The standard InChI is InChI=1S/C11H16BrN3.ClH/c12-11-6-9(3-5-15-11)7-13-8-10-2-1-4-14-10;/h3,5-6,10,13-14H,1-2,4,7-8H2;1H. The zero-order valence-electron chi connectivity index (χ0n) is 9.08. The number of pyridine rings is 1. The molecule has 2 rings (SSSR count). The zero-order chi connectivity index (χ0) is 10.5. The van der Waals surface area contributed by atoms with Crippen LogP contribution in [-0.4, -0.2) is 24.1 Å². The van der Waals surface area contributed by atoms with Gasteiger partial charge in [0.05, 0.1) is 0 Å². The van der Waals surface area contributed by atoms with E-state index in [0.29, 0.717) is 6.04 Å². The van der Waals surface area contributed by atoms with Crippen LogP contribution in [0, 0.1) is 0 Å². The van der Waals surface area contributed by atoms with E-state index < -0.39 is 0 Å². The number of nitrogens with zero attached hydrogens (tertiary/aromatic N) is 1. The minimum Gasteiger partial charge on any atom is -0.313 e. The van der Waals surface area contributed by atoms with E-state index in [2.05, 4.69) is 37.6 Å². The van der Waals surface area contributed by atoms with Crippen molar-refractivity contribution in [2.24, 2.45) is 0 Å². The fourth-order valence-electron chi connectivity index (χ4n) is 1.87. The molecule has 1 unspecified atom stereocenters. The third-order valence-corrected chi connectivity index (χ3v) is 3.11. The summed E-state index contributed by atoms with van der Waals surface area (Å²) in [6.07, 6.45) is 4.44. The van der Waals surface area contributed by atoms with Gasteiger partial charge in [0.15, 0.2) is 0 Å². The van der Waals surface area contributed by atoms with Gasteiger partial charge >= 0.3 is 0 Å². The molecule has 0 aliphatic carbocycles. The smallest absolute Gasteiger partial charge is 0.106 e. The van der Waals surface area contributed by atoms with Crippen LogP contribution < -0.4 is 10.6 Å². The largest absolute Gasteiger partial charge is 0.313 e. The number of hydrogen-bond acceptors (Lipinski definition) is 3. The maximum absolute atomic E-state index is 4.10. The lowest BCUT2D eigenvalue weighted by Gasteiger charge is -2.11. The molecule has 5 heteroatoms. The monoisotopic (exact) mass is 305 g/mol.